The zero-order valence-electron chi connectivity index (χ0n) is 16.5. The number of aromatic nitrogens is 3. The van der Waals surface area contributed by atoms with Crippen LogP contribution in [0.2, 0.25) is 0 Å². The number of pyridine rings is 1. The average molecular weight is 398 g/mol. The molecule has 0 aliphatic carbocycles. The van der Waals surface area contributed by atoms with Gasteiger partial charge >= 0.3 is 0 Å². The van der Waals surface area contributed by atoms with Gasteiger partial charge in [-0.2, -0.15) is 0 Å². The highest BCUT2D eigenvalue weighted by Gasteiger charge is 2.10. The minimum absolute atomic E-state index is 0.0723. The fourth-order valence-electron chi connectivity index (χ4n) is 3.08. The summed E-state index contributed by atoms with van der Waals surface area (Å²) >= 11 is 0. The maximum absolute atomic E-state index is 12.0. The van der Waals surface area contributed by atoms with Crippen LogP contribution >= 0.6 is 0 Å². The third-order valence-corrected chi connectivity index (χ3v) is 4.68. The van der Waals surface area contributed by atoms with Gasteiger partial charge in [-0.1, -0.05) is 60.7 Å². The standard InChI is InChI=1S/C24H22N4O2/c29-22(26-17-21-8-4-5-15-25-21)13-14-23-27-28-24(30-23)16-18-9-11-20(12-10-18)19-6-2-1-3-7-19/h1-12,15H,13-14,16-17H2,(H,26,29). The fourth-order valence-corrected chi connectivity index (χ4v) is 3.08. The number of carbonyl (C=O) groups is 1. The molecule has 4 rings (SSSR count). The van der Waals surface area contributed by atoms with E-state index < -0.39 is 0 Å². The molecule has 0 fully saturated rings. The van der Waals surface area contributed by atoms with E-state index in [2.05, 4.69) is 56.9 Å². The lowest BCUT2D eigenvalue weighted by atomic mass is 10.0. The van der Waals surface area contributed by atoms with E-state index in [0.29, 0.717) is 37.6 Å². The highest BCUT2D eigenvalue weighted by atomic mass is 16.4. The molecule has 0 atom stereocenters. The summed E-state index contributed by atoms with van der Waals surface area (Å²) in [7, 11) is 0. The second-order valence-electron chi connectivity index (χ2n) is 6.93. The minimum Gasteiger partial charge on any atom is -0.425 e. The van der Waals surface area contributed by atoms with Crippen LogP contribution in [0.1, 0.15) is 29.5 Å². The van der Waals surface area contributed by atoms with E-state index in [1.165, 1.54) is 11.1 Å². The van der Waals surface area contributed by atoms with Crippen molar-refractivity contribution in [2.24, 2.45) is 0 Å². The Morgan fingerprint density at radius 2 is 1.57 bits per heavy atom. The van der Waals surface area contributed by atoms with Crippen molar-refractivity contribution in [2.75, 3.05) is 0 Å². The SMILES string of the molecule is O=C(CCc1nnc(Cc2ccc(-c3ccccc3)cc2)o1)NCc1ccccn1. The van der Waals surface area contributed by atoms with Gasteiger partial charge in [0, 0.05) is 19.0 Å². The summed E-state index contributed by atoms with van der Waals surface area (Å²) in [5, 5.41) is 11.0. The van der Waals surface area contributed by atoms with Crippen LogP contribution in [-0.2, 0) is 24.2 Å². The topological polar surface area (TPSA) is 80.9 Å². The summed E-state index contributed by atoms with van der Waals surface area (Å²) in [5.74, 6) is 0.946. The number of amides is 1. The van der Waals surface area contributed by atoms with Crippen molar-refractivity contribution in [1.82, 2.24) is 20.5 Å². The second kappa shape index (κ2) is 9.60. The molecule has 4 aromatic rings. The molecule has 0 unspecified atom stereocenters. The Hall–Kier alpha value is -3.80. The Balaban J connectivity index is 1.26. The van der Waals surface area contributed by atoms with Crippen molar-refractivity contribution in [3.8, 4) is 11.1 Å². The van der Waals surface area contributed by atoms with Crippen molar-refractivity contribution < 1.29 is 9.21 Å². The number of rotatable bonds is 8. The summed E-state index contributed by atoms with van der Waals surface area (Å²) in [6.45, 7) is 0.410. The molecule has 0 aliphatic rings. The van der Waals surface area contributed by atoms with Crippen LogP contribution in [-0.4, -0.2) is 21.1 Å². The number of nitrogens with zero attached hydrogens (tertiary/aromatic N) is 3. The normalized spacial score (nSPS) is 10.7. The molecule has 2 aromatic carbocycles. The molecule has 2 aromatic heterocycles. The molecular weight excluding hydrogens is 376 g/mol. The molecule has 0 radical (unpaired) electrons. The molecule has 1 N–H and O–H groups in total. The van der Waals surface area contributed by atoms with Gasteiger partial charge in [0.05, 0.1) is 18.7 Å². The summed E-state index contributed by atoms with van der Waals surface area (Å²) in [4.78, 5) is 16.2. The van der Waals surface area contributed by atoms with Gasteiger partial charge in [0.2, 0.25) is 17.7 Å². The van der Waals surface area contributed by atoms with E-state index >= 15 is 0 Å². The largest absolute Gasteiger partial charge is 0.425 e. The number of hydrogen-bond donors (Lipinski definition) is 1. The number of nitrogens with one attached hydrogen (secondary N) is 1. The van der Waals surface area contributed by atoms with Crippen LogP contribution in [0.5, 0.6) is 0 Å². The van der Waals surface area contributed by atoms with E-state index in [4.69, 9.17) is 4.42 Å². The molecule has 150 valence electrons. The Morgan fingerprint density at radius 1 is 0.833 bits per heavy atom. The molecule has 6 nitrogen and oxygen atoms in total. The number of hydrogen-bond acceptors (Lipinski definition) is 5. The van der Waals surface area contributed by atoms with Crippen molar-refractivity contribution in [1.29, 1.82) is 0 Å². The number of aryl methyl sites for hydroxylation is 1. The Labute approximate surface area is 175 Å². The molecule has 1 amide bonds. The molecule has 6 heteroatoms. The van der Waals surface area contributed by atoms with E-state index in [9.17, 15) is 4.79 Å². The minimum atomic E-state index is -0.0723. The first-order valence-corrected chi connectivity index (χ1v) is 9.88. The van der Waals surface area contributed by atoms with Gasteiger partial charge in [-0.3, -0.25) is 9.78 Å². The van der Waals surface area contributed by atoms with Gasteiger partial charge in [-0.15, -0.1) is 10.2 Å². The Morgan fingerprint density at radius 3 is 2.33 bits per heavy atom. The van der Waals surface area contributed by atoms with Gasteiger partial charge in [0.25, 0.3) is 0 Å². The van der Waals surface area contributed by atoms with Crippen LogP contribution in [0.25, 0.3) is 11.1 Å². The van der Waals surface area contributed by atoms with Crippen LogP contribution in [0.4, 0.5) is 0 Å². The Bertz CT molecular complexity index is 1080. The lowest BCUT2D eigenvalue weighted by molar-refractivity contribution is -0.121. The van der Waals surface area contributed by atoms with Crippen LogP contribution in [0.15, 0.2) is 83.4 Å². The summed E-state index contributed by atoms with van der Waals surface area (Å²) < 4.78 is 5.70. The third-order valence-electron chi connectivity index (χ3n) is 4.68. The molecule has 0 aliphatic heterocycles. The van der Waals surface area contributed by atoms with E-state index in [0.717, 1.165) is 11.3 Å². The monoisotopic (exact) mass is 398 g/mol. The highest BCUT2D eigenvalue weighted by Crippen LogP contribution is 2.20. The quantitative estimate of drug-likeness (QED) is 0.486. The highest BCUT2D eigenvalue weighted by molar-refractivity contribution is 5.75. The predicted molar refractivity (Wildman–Crippen MR) is 113 cm³/mol. The van der Waals surface area contributed by atoms with Gasteiger partial charge in [-0.05, 0) is 28.8 Å². The third kappa shape index (κ3) is 5.38. The molecule has 30 heavy (non-hydrogen) atoms. The van der Waals surface area contributed by atoms with E-state index in [1.807, 2.05) is 36.4 Å². The van der Waals surface area contributed by atoms with Crippen LogP contribution in [0, 0.1) is 0 Å². The second-order valence-corrected chi connectivity index (χ2v) is 6.93. The van der Waals surface area contributed by atoms with Crippen molar-refractivity contribution >= 4 is 5.91 Å². The number of benzene rings is 2. The van der Waals surface area contributed by atoms with Gasteiger partial charge in [-0.25, -0.2) is 0 Å². The lowest BCUT2D eigenvalue weighted by Gasteiger charge is -2.03. The maximum atomic E-state index is 12.0. The lowest BCUT2D eigenvalue weighted by Crippen LogP contribution is -2.23. The smallest absolute Gasteiger partial charge is 0.220 e. The molecule has 0 spiro atoms. The zero-order valence-corrected chi connectivity index (χ0v) is 16.5. The fraction of sp³-hybridized carbons (Fsp3) is 0.167. The van der Waals surface area contributed by atoms with Gasteiger partial charge in [0.1, 0.15) is 0 Å². The first-order chi connectivity index (χ1) is 14.8. The molecule has 0 saturated carbocycles. The Kier molecular flexibility index (Phi) is 6.25. The number of carbonyl (C=O) groups excluding carboxylic acids is 1. The van der Waals surface area contributed by atoms with Gasteiger partial charge in [0.15, 0.2) is 0 Å². The van der Waals surface area contributed by atoms with Crippen LogP contribution in [0.3, 0.4) is 0 Å². The predicted octanol–water partition coefficient (Wildman–Crippen LogP) is 3.97. The van der Waals surface area contributed by atoms with Gasteiger partial charge < -0.3 is 9.73 Å². The van der Waals surface area contributed by atoms with E-state index in [1.54, 1.807) is 6.20 Å². The molecule has 2 heterocycles. The first-order valence-electron chi connectivity index (χ1n) is 9.88. The van der Waals surface area contributed by atoms with Crippen molar-refractivity contribution in [3.05, 3.63) is 102 Å². The maximum Gasteiger partial charge on any atom is 0.220 e. The summed E-state index contributed by atoms with van der Waals surface area (Å²) in [6, 6.07) is 24.2. The summed E-state index contributed by atoms with van der Waals surface area (Å²) in [5.41, 5.74) is 4.27. The molecule has 0 saturated heterocycles. The molecular formula is C24H22N4O2. The first kappa shape index (κ1) is 19.5. The van der Waals surface area contributed by atoms with E-state index in [-0.39, 0.29) is 5.91 Å². The average Bonchev–Trinajstić information content (AvgIpc) is 3.25. The zero-order chi connectivity index (χ0) is 20.6. The van der Waals surface area contributed by atoms with Crippen molar-refractivity contribution in [2.45, 2.75) is 25.8 Å². The van der Waals surface area contributed by atoms with Crippen LogP contribution < -0.4 is 5.32 Å². The molecule has 0 bridgehead atoms. The van der Waals surface area contributed by atoms with Crippen molar-refractivity contribution in [3.63, 3.8) is 0 Å². The summed E-state index contributed by atoms with van der Waals surface area (Å²) in [6.07, 6.45) is 2.97.